The lowest BCUT2D eigenvalue weighted by molar-refractivity contribution is 0.681. The van der Waals surface area contributed by atoms with Crippen molar-refractivity contribution in [2.45, 2.75) is 25.8 Å². The van der Waals surface area contributed by atoms with E-state index in [1.807, 2.05) is 0 Å². The molecule has 0 fully saturated rings. The topological polar surface area (TPSA) is 9.23 Å². The molecule has 5 radical (unpaired) electrons. The van der Waals surface area contributed by atoms with Crippen molar-refractivity contribution in [3.05, 3.63) is 0 Å². The quantitative estimate of drug-likeness (QED) is 0.539. The molecule has 0 bridgehead atoms. The maximum absolute atomic E-state index is 4.95. The molecule has 0 atom stereocenters. The third-order valence-corrected chi connectivity index (χ3v) is 8.14. The molecule has 0 aromatic carbocycles. The molecule has 1 rings (SSSR count). The lowest BCUT2D eigenvalue weighted by Crippen LogP contribution is -2.17. The average Bonchev–Trinajstić information content (AvgIpc) is 2.18. The highest BCUT2D eigenvalue weighted by atomic mass is 29.2. The van der Waals surface area contributed by atoms with Crippen molar-refractivity contribution in [2.24, 2.45) is 0 Å². The monoisotopic (exact) mass is 169 g/mol. The van der Waals surface area contributed by atoms with Gasteiger partial charge in [0.25, 0.3) is 0 Å². The summed E-state index contributed by atoms with van der Waals surface area (Å²) in [7, 11) is 3.62. The Kier molecular flexibility index (Phi) is 3.03. The molecule has 4 heteroatoms. The average molecular weight is 169 g/mol. The van der Waals surface area contributed by atoms with Gasteiger partial charge in [0.2, 0.25) is 19.8 Å². The zero-order chi connectivity index (χ0) is 6.69. The molecule has 0 aromatic rings. The first-order chi connectivity index (χ1) is 4.34. The van der Waals surface area contributed by atoms with Crippen LogP contribution in [0.2, 0.25) is 6.04 Å². The smallest absolute Gasteiger partial charge is 0.229 e. The van der Waals surface area contributed by atoms with Gasteiger partial charge in [0.15, 0.2) is 0 Å². The molecule has 0 saturated heterocycles. The Morgan fingerprint density at radius 2 is 2.56 bits per heavy atom. The fourth-order valence-electron chi connectivity index (χ4n) is 1.09. The zero-order valence-electron chi connectivity index (χ0n) is 5.53. The summed E-state index contributed by atoms with van der Waals surface area (Å²) in [5.41, 5.74) is 0. The molecule has 1 aliphatic rings. The van der Waals surface area contributed by atoms with Gasteiger partial charge in [0, 0.05) is 7.93 Å². The van der Waals surface area contributed by atoms with E-state index in [1.54, 1.807) is 5.17 Å². The number of rotatable bonds is 2. The van der Waals surface area contributed by atoms with E-state index in [4.69, 9.17) is 4.12 Å². The van der Waals surface area contributed by atoms with Crippen LogP contribution in [0.3, 0.4) is 0 Å². The van der Waals surface area contributed by atoms with E-state index < -0.39 is 0 Å². The van der Waals surface area contributed by atoms with Crippen LogP contribution < -0.4 is 0 Å². The van der Waals surface area contributed by atoms with Crippen molar-refractivity contribution in [3.8, 4) is 0 Å². The molecule has 0 aromatic heterocycles. The van der Waals surface area contributed by atoms with Crippen molar-refractivity contribution < 1.29 is 4.12 Å². The van der Waals surface area contributed by atoms with Gasteiger partial charge in [-0.1, -0.05) is 5.17 Å². The Morgan fingerprint density at radius 3 is 3.00 bits per heavy atom. The summed E-state index contributed by atoms with van der Waals surface area (Å²) < 4.78 is 4.95. The Bertz CT molecular complexity index is 132. The van der Waals surface area contributed by atoms with Gasteiger partial charge in [-0.3, -0.25) is 0 Å². The second-order valence-electron chi connectivity index (χ2n) is 2.32. The second-order valence-corrected chi connectivity index (χ2v) is 8.07. The Morgan fingerprint density at radius 1 is 1.78 bits per heavy atom. The van der Waals surface area contributed by atoms with Gasteiger partial charge in [-0.05, 0) is 25.8 Å². The van der Waals surface area contributed by atoms with Crippen LogP contribution in [0.5, 0.6) is 0 Å². The molecule has 9 heavy (non-hydrogen) atoms. The molecule has 47 valence electrons. The summed E-state index contributed by atoms with van der Waals surface area (Å²) in [4.78, 5) is 0. The maximum atomic E-state index is 4.95. The normalized spacial score (nSPS) is 19.3. The first-order valence-electron chi connectivity index (χ1n) is 3.12. The number of hydrogen-bond donors (Lipinski definition) is 0. The molecule has 0 saturated carbocycles. The standard InChI is InChI=1S/C5H9OSi3/c1-5-3-2-4-9(5)8-6-7/h2-4H2,1H3. The molecule has 1 nitrogen and oxygen atoms in total. The predicted molar refractivity (Wildman–Crippen MR) is 43.1 cm³/mol. The lowest BCUT2D eigenvalue weighted by atomic mass is 10.3. The van der Waals surface area contributed by atoms with E-state index in [2.05, 4.69) is 17.4 Å². The Hall–Kier alpha value is 0.481. The van der Waals surface area contributed by atoms with Gasteiger partial charge in [-0.2, -0.15) is 0 Å². The van der Waals surface area contributed by atoms with E-state index in [0.29, 0.717) is 0 Å². The summed E-state index contributed by atoms with van der Waals surface area (Å²) >= 11 is 0. The molecule has 1 aliphatic heterocycles. The van der Waals surface area contributed by atoms with Crippen LogP contribution in [0.15, 0.2) is 0 Å². The van der Waals surface area contributed by atoms with E-state index in [0.717, 1.165) is 9.28 Å². The fourth-order valence-corrected chi connectivity index (χ4v) is 6.14. The van der Waals surface area contributed by atoms with E-state index in [-0.39, 0.29) is 7.93 Å². The molecule has 0 amide bonds. The highest BCUT2D eigenvalue weighted by molar-refractivity contribution is 7.14. The van der Waals surface area contributed by atoms with Crippen LogP contribution in [-0.2, 0) is 4.12 Å². The van der Waals surface area contributed by atoms with E-state index in [9.17, 15) is 0 Å². The minimum atomic E-state index is -0.167. The van der Waals surface area contributed by atoms with Gasteiger partial charge >= 0.3 is 0 Å². The van der Waals surface area contributed by atoms with E-state index in [1.165, 1.54) is 18.9 Å². The largest absolute Gasteiger partial charge is 0.458 e. The van der Waals surface area contributed by atoms with Gasteiger partial charge in [-0.25, -0.2) is 0 Å². The van der Waals surface area contributed by atoms with Gasteiger partial charge < -0.3 is 4.12 Å². The molecule has 1 heterocycles. The second kappa shape index (κ2) is 3.60. The third kappa shape index (κ3) is 1.96. The van der Waals surface area contributed by atoms with Gasteiger partial charge in [-0.15, -0.1) is 0 Å². The molecule has 0 unspecified atom stereocenters. The Balaban J connectivity index is 2.45. The summed E-state index contributed by atoms with van der Waals surface area (Å²) in [6.45, 7) is 2.28. The van der Waals surface area contributed by atoms with Gasteiger partial charge in [0.1, 0.15) is 0 Å². The predicted octanol–water partition coefficient (Wildman–Crippen LogP) is 0.265. The van der Waals surface area contributed by atoms with Crippen LogP contribution in [0.1, 0.15) is 19.8 Å². The molecule has 0 spiro atoms. The SMILES string of the molecule is CC1=[Si]([Si]O[Si])CCC1. The van der Waals surface area contributed by atoms with Gasteiger partial charge in [0.05, 0.1) is 0 Å². The first kappa shape index (κ1) is 7.59. The fraction of sp³-hybridized carbons (Fsp3) is 0.800. The Labute approximate surface area is 63.3 Å². The molecule has 0 aliphatic carbocycles. The molecular formula is C5H9OSi3. The first-order valence-corrected chi connectivity index (χ1v) is 7.14. The van der Waals surface area contributed by atoms with Crippen molar-refractivity contribution in [1.29, 1.82) is 0 Å². The summed E-state index contributed by atoms with van der Waals surface area (Å²) in [5.74, 6) is 0. The minimum Gasteiger partial charge on any atom is -0.458 e. The summed E-state index contributed by atoms with van der Waals surface area (Å²) in [6.07, 6.45) is 2.76. The van der Waals surface area contributed by atoms with Crippen LogP contribution in [0.4, 0.5) is 0 Å². The molecular weight excluding hydrogens is 160 g/mol. The van der Waals surface area contributed by atoms with Crippen molar-refractivity contribution >= 4 is 32.9 Å². The van der Waals surface area contributed by atoms with Crippen LogP contribution in [0, 0.1) is 0 Å². The minimum absolute atomic E-state index is 0.167. The summed E-state index contributed by atoms with van der Waals surface area (Å²) in [5, 5.41) is 1.72. The third-order valence-electron chi connectivity index (χ3n) is 1.67. The highest BCUT2D eigenvalue weighted by Gasteiger charge is 2.11. The van der Waals surface area contributed by atoms with Crippen LogP contribution >= 0.6 is 0 Å². The molecule has 0 N–H and O–H groups in total. The van der Waals surface area contributed by atoms with Crippen molar-refractivity contribution in [2.75, 3.05) is 0 Å². The van der Waals surface area contributed by atoms with Crippen molar-refractivity contribution in [1.82, 2.24) is 0 Å². The number of hydrogen-bond acceptors (Lipinski definition) is 1. The van der Waals surface area contributed by atoms with Crippen molar-refractivity contribution in [3.63, 3.8) is 0 Å². The summed E-state index contributed by atoms with van der Waals surface area (Å²) in [6, 6.07) is 1.43. The van der Waals surface area contributed by atoms with Crippen LogP contribution in [-0.4, -0.2) is 32.9 Å². The lowest BCUT2D eigenvalue weighted by Gasteiger charge is -1.95. The zero-order valence-corrected chi connectivity index (χ0v) is 8.53. The van der Waals surface area contributed by atoms with E-state index >= 15 is 0 Å². The maximum Gasteiger partial charge on any atom is 0.229 e. The van der Waals surface area contributed by atoms with Crippen LogP contribution in [0.25, 0.3) is 0 Å². The highest BCUT2D eigenvalue weighted by Crippen LogP contribution is 2.08.